The highest BCUT2D eigenvalue weighted by atomic mass is 32.2. The molecule has 32 heavy (non-hydrogen) atoms. The predicted octanol–water partition coefficient (Wildman–Crippen LogP) is 5.55. The number of thioether (sulfide) groups is 2. The van der Waals surface area contributed by atoms with Crippen molar-refractivity contribution in [3.8, 4) is 0 Å². The number of nitrogens with zero attached hydrogens (tertiary/aromatic N) is 3. The Hall–Kier alpha value is -2.77. The lowest BCUT2D eigenvalue weighted by Gasteiger charge is -2.17. The smallest absolute Gasteiger partial charge is 0.290 e. The average molecular weight is 463 g/mol. The van der Waals surface area contributed by atoms with Crippen LogP contribution in [-0.2, 0) is 11.5 Å². The predicted molar refractivity (Wildman–Crippen MR) is 136 cm³/mol. The van der Waals surface area contributed by atoms with Crippen molar-refractivity contribution in [3.63, 3.8) is 0 Å². The molecule has 1 fully saturated rings. The number of hydrazone groups is 1. The Labute approximate surface area is 197 Å². The van der Waals surface area contributed by atoms with Gasteiger partial charge in [0, 0.05) is 36.5 Å². The third-order valence-corrected chi connectivity index (χ3v) is 7.45. The van der Waals surface area contributed by atoms with Crippen molar-refractivity contribution >= 4 is 39.5 Å². The molecule has 1 aromatic heterocycles. The molecule has 3 aromatic rings. The summed E-state index contributed by atoms with van der Waals surface area (Å²) in [5.74, 6) is 1.30. The fourth-order valence-corrected chi connectivity index (χ4v) is 5.29. The third-order valence-electron chi connectivity index (χ3n) is 5.11. The Morgan fingerprint density at radius 2 is 1.50 bits per heavy atom. The van der Waals surface area contributed by atoms with E-state index in [1.165, 1.54) is 24.0 Å². The zero-order valence-corrected chi connectivity index (χ0v) is 19.4. The second kappa shape index (κ2) is 11.7. The van der Waals surface area contributed by atoms with Gasteiger partial charge < -0.3 is 4.90 Å². The van der Waals surface area contributed by atoms with Crippen LogP contribution in [0.5, 0.6) is 0 Å². The van der Waals surface area contributed by atoms with Gasteiger partial charge in [-0.3, -0.25) is 9.78 Å². The van der Waals surface area contributed by atoms with E-state index in [1.807, 2.05) is 48.5 Å². The molecule has 4 rings (SSSR count). The van der Waals surface area contributed by atoms with Gasteiger partial charge in [-0.15, -0.1) is 0 Å². The van der Waals surface area contributed by atoms with Gasteiger partial charge in [-0.2, -0.15) is 5.10 Å². The zero-order chi connectivity index (χ0) is 22.0. The van der Waals surface area contributed by atoms with Gasteiger partial charge >= 0.3 is 0 Å². The Bertz CT molecular complexity index is 993. The highest BCUT2D eigenvalue weighted by Crippen LogP contribution is 2.25. The number of hydrogen-bond donors (Lipinski definition) is 1. The lowest BCUT2D eigenvalue weighted by molar-refractivity contribution is 0.0950. The number of hydrogen-bond acceptors (Lipinski definition) is 6. The molecule has 1 aliphatic heterocycles. The first-order valence-electron chi connectivity index (χ1n) is 10.7. The standard InChI is InChI=1S/C25H26N4OS2/c30-24(23-17-22(13-14-26-23)29-15-7-8-16-29)27-28-25(31-18-20-9-3-1-4-10-20)32-19-21-11-5-2-6-12-21/h1-6,9-14,17H,7-8,15-16,18-19H2,(H,27,30). The number of benzene rings is 2. The van der Waals surface area contributed by atoms with Gasteiger partial charge in [0.25, 0.3) is 5.91 Å². The minimum atomic E-state index is -0.288. The largest absolute Gasteiger partial charge is 0.371 e. The SMILES string of the molecule is O=C(NN=C(SCc1ccccc1)SCc1ccccc1)c1cc(N2CCCC2)ccn1. The topological polar surface area (TPSA) is 57.6 Å². The zero-order valence-electron chi connectivity index (χ0n) is 17.8. The summed E-state index contributed by atoms with van der Waals surface area (Å²) in [6.45, 7) is 2.05. The van der Waals surface area contributed by atoms with Crippen molar-refractivity contribution in [1.82, 2.24) is 10.4 Å². The van der Waals surface area contributed by atoms with Crippen LogP contribution < -0.4 is 10.3 Å². The summed E-state index contributed by atoms with van der Waals surface area (Å²) in [6, 6.07) is 24.3. The van der Waals surface area contributed by atoms with Gasteiger partial charge in [-0.1, -0.05) is 84.2 Å². The van der Waals surface area contributed by atoms with Gasteiger partial charge in [0.1, 0.15) is 5.69 Å². The molecule has 2 heterocycles. The molecule has 0 atom stereocenters. The summed E-state index contributed by atoms with van der Waals surface area (Å²) in [5, 5.41) is 4.45. The number of nitrogens with one attached hydrogen (secondary N) is 1. The van der Waals surface area contributed by atoms with Crippen LogP contribution in [0, 0.1) is 0 Å². The maximum atomic E-state index is 12.7. The normalized spacial score (nSPS) is 13.1. The first-order valence-corrected chi connectivity index (χ1v) is 12.7. The molecule has 1 amide bonds. The molecule has 0 radical (unpaired) electrons. The van der Waals surface area contributed by atoms with Gasteiger partial charge in [0.15, 0.2) is 4.38 Å². The molecule has 0 bridgehead atoms. The molecule has 0 spiro atoms. The van der Waals surface area contributed by atoms with Gasteiger partial charge in [0.05, 0.1) is 0 Å². The molecular formula is C25H26N4OS2. The lowest BCUT2D eigenvalue weighted by atomic mass is 10.2. The first kappa shape index (κ1) is 22.4. The summed E-state index contributed by atoms with van der Waals surface area (Å²) < 4.78 is 0.821. The van der Waals surface area contributed by atoms with E-state index in [-0.39, 0.29) is 5.91 Å². The van der Waals surface area contributed by atoms with Crippen LogP contribution >= 0.6 is 23.5 Å². The van der Waals surface area contributed by atoms with E-state index in [0.717, 1.165) is 34.7 Å². The molecule has 7 heteroatoms. The molecule has 0 aliphatic carbocycles. The number of amides is 1. The lowest BCUT2D eigenvalue weighted by Crippen LogP contribution is -2.22. The van der Waals surface area contributed by atoms with Crippen molar-refractivity contribution < 1.29 is 4.79 Å². The molecule has 1 N–H and O–H groups in total. The van der Waals surface area contributed by atoms with Crippen LogP contribution in [0.15, 0.2) is 84.1 Å². The second-order valence-electron chi connectivity index (χ2n) is 7.46. The Kier molecular flexibility index (Phi) is 8.23. The number of carbonyl (C=O) groups is 1. The average Bonchev–Trinajstić information content (AvgIpc) is 3.40. The number of pyridine rings is 1. The molecule has 5 nitrogen and oxygen atoms in total. The minimum Gasteiger partial charge on any atom is -0.371 e. The molecule has 1 saturated heterocycles. The fourth-order valence-electron chi connectivity index (χ4n) is 3.41. The van der Waals surface area contributed by atoms with Crippen LogP contribution in [0.1, 0.15) is 34.5 Å². The Morgan fingerprint density at radius 3 is 2.09 bits per heavy atom. The third kappa shape index (κ3) is 6.61. The van der Waals surface area contributed by atoms with E-state index in [9.17, 15) is 4.79 Å². The second-order valence-corrected chi connectivity index (χ2v) is 9.65. The van der Waals surface area contributed by atoms with Crippen molar-refractivity contribution in [2.75, 3.05) is 18.0 Å². The van der Waals surface area contributed by atoms with Crippen LogP contribution in [0.3, 0.4) is 0 Å². The van der Waals surface area contributed by atoms with E-state index in [0.29, 0.717) is 5.69 Å². The van der Waals surface area contributed by atoms with E-state index in [4.69, 9.17) is 0 Å². The van der Waals surface area contributed by atoms with Gasteiger partial charge in [-0.25, -0.2) is 5.43 Å². The number of rotatable bonds is 7. The van der Waals surface area contributed by atoms with Gasteiger partial charge in [0.2, 0.25) is 0 Å². The summed E-state index contributed by atoms with van der Waals surface area (Å²) in [7, 11) is 0. The van der Waals surface area contributed by atoms with Crippen LogP contribution in [0.4, 0.5) is 5.69 Å². The van der Waals surface area contributed by atoms with Crippen LogP contribution in [-0.4, -0.2) is 28.4 Å². The van der Waals surface area contributed by atoms with Crippen LogP contribution in [0.25, 0.3) is 0 Å². The molecule has 2 aromatic carbocycles. The fraction of sp³-hybridized carbons (Fsp3) is 0.240. The Morgan fingerprint density at radius 1 is 0.906 bits per heavy atom. The van der Waals surface area contributed by atoms with Crippen LogP contribution in [0.2, 0.25) is 0 Å². The number of anilines is 1. The highest BCUT2D eigenvalue weighted by molar-refractivity contribution is 8.38. The van der Waals surface area contributed by atoms with Crippen molar-refractivity contribution in [3.05, 3.63) is 95.8 Å². The molecule has 0 unspecified atom stereocenters. The summed E-state index contributed by atoms with van der Waals surface area (Å²) in [4.78, 5) is 19.3. The number of aromatic nitrogens is 1. The van der Waals surface area contributed by atoms with E-state index >= 15 is 0 Å². The summed E-state index contributed by atoms with van der Waals surface area (Å²) in [5.41, 5.74) is 6.59. The first-order chi connectivity index (χ1) is 15.8. The number of carbonyl (C=O) groups excluding carboxylic acids is 1. The molecular weight excluding hydrogens is 436 g/mol. The van der Waals surface area contributed by atoms with Gasteiger partial charge in [-0.05, 0) is 36.1 Å². The summed E-state index contributed by atoms with van der Waals surface area (Å²) in [6.07, 6.45) is 4.07. The van der Waals surface area contributed by atoms with E-state index in [1.54, 1.807) is 29.7 Å². The van der Waals surface area contributed by atoms with E-state index < -0.39 is 0 Å². The monoisotopic (exact) mass is 462 g/mol. The summed E-state index contributed by atoms with van der Waals surface area (Å²) >= 11 is 3.25. The van der Waals surface area contributed by atoms with Crippen molar-refractivity contribution in [1.29, 1.82) is 0 Å². The molecule has 0 saturated carbocycles. The molecule has 1 aliphatic rings. The van der Waals surface area contributed by atoms with Crippen molar-refractivity contribution in [2.24, 2.45) is 5.10 Å². The minimum absolute atomic E-state index is 0.288. The quantitative estimate of drug-likeness (QED) is 0.283. The van der Waals surface area contributed by atoms with Crippen molar-refractivity contribution in [2.45, 2.75) is 24.3 Å². The Balaban J connectivity index is 1.42. The maximum Gasteiger partial charge on any atom is 0.290 e. The molecule has 164 valence electrons. The highest BCUT2D eigenvalue weighted by Gasteiger charge is 2.15. The maximum absolute atomic E-state index is 12.7. The van der Waals surface area contributed by atoms with E-state index in [2.05, 4.69) is 44.7 Å².